The van der Waals surface area contributed by atoms with Crippen molar-refractivity contribution in [2.45, 2.75) is 19.4 Å². The summed E-state index contributed by atoms with van der Waals surface area (Å²) in [6.45, 7) is 5.97. The summed E-state index contributed by atoms with van der Waals surface area (Å²) in [7, 11) is 0. The van der Waals surface area contributed by atoms with Crippen molar-refractivity contribution in [2.24, 2.45) is 5.92 Å². The number of carbonyl (C=O) groups excluding carboxylic acids is 1. The van der Waals surface area contributed by atoms with Gasteiger partial charge < -0.3 is 19.7 Å². The first kappa shape index (κ1) is 20.2. The lowest BCUT2D eigenvalue weighted by Gasteiger charge is -2.29. The number of halogens is 1. The van der Waals surface area contributed by atoms with Crippen LogP contribution in [0.3, 0.4) is 0 Å². The van der Waals surface area contributed by atoms with Crippen LogP contribution in [0, 0.1) is 5.92 Å². The Kier molecular flexibility index (Phi) is 5.46. The number of nitrogens with one attached hydrogen (secondary N) is 1. The van der Waals surface area contributed by atoms with E-state index in [0.29, 0.717) is 23.7 Å². The van der Waals surface area contributed by atoms with Gasteiger partial charge in [-0.1, -0.05) is 23.7 Å². The van der Waals surface area contributed by atoms with E-state index in [1.807, 2.05) is 19.2 Å². The average Bonchev–Trinajstić information content (AvgIpc) is 3.40. The highest BCUT2D eigenvalue weighted by molar-refractivity contribution is 6.34. The lowest BCUT2D eigenvalue weighted by Crippen LogP contribution is -2.36. The number of pyridine rings is 1. The van der Waals surface area contributed by atoms with Crippen LogP contribution in [0.25, 0.3) is 16.6 Å². The van der Waals surface area contributed by atoms with Crippen LogP contribution in [0.1, 0.15) is 13.3 Å². The molecule has 1 aromatic carbocycles. The predicted octanol–water partition coefficient (Wildman–Crippen LogP) is 3.39. The molecule has 2 unspecified atom stereocenters. The first-order valence-electron chi connectivity index (χ1n) is 10.6. The Morgan fingerprint density at radius 1 is 1.23 bits per heavy atom. The second-order valence-electron chi connectivity index (χ2n) is 8.12. The van der Waals surface area contributed by atoms with Crippen LogP contribution < -0.4 is 15.0 Å². The summed E-state index contributed by atoms with van der Waals surface area (Å²) in [5, 5.41) is 7.80. The Hall–Kier alpha value is -2.77. The summed E-state index contributed by atoms with van der Waals surface area (Å²) in [5.74, 6) is 0.872. The number of ether oxygens (including phenoxy) is 2. The summed E-state index contributed by atoms with van der Waals surface area (Å²) < 4.78 is 13.5. The second-order valence-corrected chi connectivity index (χ2v) is 8.52. The number of nitrogens with zero attached hydrogens (tertiary/aromatic N) is 3. The van der Waals surface area contributed by atoms with E-state index >= 15 is 0 Å². The van der Waals surface area contributed by atoms with Crippen molar-refractivity contribution >= 4 is 28.7 Å². The average molecular weight is 441 g/mol. The molecule has 0 spiro atoms. The minimum atomic E-state index is -0.132. The van der Waals surface area contributed by atoms with Crippen LogP contribution in [0.5, 0.6) is 5.75 Å². The lowest BCUT2D eigenvalue weighted by molar-refractivity contribution is -0.119. The molecule has 162 valence electrons. The van der Waals surface area contributed by atoms with Crippen LogP contribution in [0.2, 0.25) is 5.02 Å². The number of benzene rings is 1. The quantitative estimate of drug-likeness (QED) is 0.658. The zero-order chi connectivity index (χ0) is 21.4. The van der Waals surface area contributed by atoms with Crippen molar-refractivity contribution in [3.63, 3.8) is 0 Å². The molecule has 2 saturated heterocycles. The number of aromatic nitrogens is 2. The minimum Gasteiger partial charge on any atom is -0.488 e. The second kappa shape index (κ2) is 8.40. The van der Waals surface area contributed by atoms with Gasteiger partial charge in [-0.05, 0) is 30.7 Å². The van der Waals surface area contributed by atoms with E-state index in [4.69, 9.17) is 21.1 Å². The third-order valence-electron chi connectivity index (χ3n) is 6.09. The molecule has 31 heavy (non-hydrogen) atoms. The highest BCUT2D eigenvalue weighted by Gasteiger charge is 2.28. The topological polar surface area (TPSA) is 68.1 Å². The van der Waals surface area contributed by atoms with Crippen LogP contribution in [-0.4, -0.2) is 54.5 Å². The Labute approximate surface area is 185 Å². The zero-order valence-electron chi connectivity index (χ0n) is 17.4. The smallest absolute Gasteiger partial charge is 0.220 e. The molecule has 2 aromatic heterocycles. The molecule has 0 aliphatic carbocycles. The maximum Gasteiger partial charge on any atom is 0.220 e. The summed E-state index contributed by atoms with van der Waals surface area (Å²) in [5.41, 5.74) is 3.99. The molecule has 0 bridgehead atoms. The molecule has 2 aliphatic heterocycles. The molecule has 2 aliphatic rings. The number of morpholine rings is 1. The van der Waals surface area contributed by atoms with E-state index in [1.54, 1.807) is 10.7 Å². The van der Waals surface area contributed by atoms with Gasteiger partial charge in [0.2, 0.25) is 5.91 Å². The maximum atomic E-state index is 11.6. The lowest BCUT2D eigenvalue weighted by atomic mass is 10.0. The highest BCUT2D eigenvalue weighted by atomic mass is 35.5. The van der Waals surface area contributed by atoms with Gasteiger partial charge in [0.25, 0.3) is 0 Å². The van der Waals surface area contributed by atoms with E-state index in [0.717, 1.165) is 42.9 Å². The molecule has 5 rings (SSSR count). The Bertz CT molecular complexity index is 1090. The van der Waals surface area contributed by atoms with E-state index in [-0.39, 0.29) is 17.9 Å². The van der Waals surface area contributed by atoms with Gasteiger partial charge in [-0.15, -0.1) is 0 Å². The number of carbonyl (C=O) groups is 1. The fraction of sp³-hybridized carbons (Fsp3) is 0.391. The summed E-state index contributed by atoms with van der Waals surface area (Å²) >= 11 is 6.40. The summed E-state index contributed by atoms with van der Waals surface area (Å²) in [6, 6.07) is 10.5. The van der Waals surface area contributed by atoms with Gasteiger partial charge in [0.15, 0.2) is 0 Å². The van der Waals surface area contributed by atoms with Crippen molar-refractivity contribution in [2.75, 3.05) is 37.7 Å². The minimum absolute atomic E-state index is 0.0714. The number of anilines is 1. The summed E-state index contributed by atoms with van der Waals surface area (Å²) in [6.07, 6.45) is 3.93. The van der Waals surface area contributed by atoms with Gasteiger partial charge in [0, 0.05) is 49.4 Å². The van der Waals surface area contributed by atoms with Crippen LogP contribution >= 0.6 is 11.6 Å². The Morgan fingerprint density at radius 2 is 2.00 bits per heavy atom. The van der Waals surface area contributed by atoms with E-state index in [9.17, 15) is 4.79 Å². The van der Waals surface area contributed by atoms with Crippen LogP contribution in [-0.2, 0) is 9.53 Å². The van der Waals surface area contributed by atoms with Gasteiger partial charge in [0.05, 0.1) is 24.4 Å². The normalized spacial score (nSPS) is 20.1. The predicted molar refractivity (Wildman–Crippen MR) is 120 cm³/mol. The van der Waals surface area contributed by atoms with E-state index in [2.05, 4.69) is 39.6 Å². The van der Waals surface area contributed by atoms with Gasteiger partial charge in [-0.2, -0.15) is 5.10 Å². The SMILES string of the molecule is CC(Oc1cc(-c2ccc(N3CCOCC3)cc2)cn2ncc(Cl)c12)C1CNC(=O)C1. The third-order valence-corrected chi connectivity index (χ3v) is 6.37. The molecular formula is C23H25ClN4O3. The van der Waals surface area contributed by atoms with Crippen molar-refractivity contribution in [1.29, 1.82) is 0 Å². The Morgan fingerprint density at radius 3 is 2.71 bits per heavy atom. The van der Waals surface area contributed by atoms with Crippen molar-refractivity contribution < 1.29 is 14.3 Å². The van der Waals surface area contributed by atoms with Gasteiger partial charge in [0.1, 0.15) is 17.4 Å². The molecule has 4 heterocycles. The van der Waals surface area contributed by atoms with E-state index < -0.39 is 0 Å². The fourth-order valence-electron chi connectivity index (χ4n) is 4.24. The first-order chi connectivity index (χ1) is 15.1. The third kappa shape index (κ3) is 4.07. The molecular weight excluding hydrogens is 416 g/mol. The number of hydrogen-bond acceptors (Lipinski definition) is 5. The Balaban J connectivity index is 1.44. The number of fused-ring (bicyclic) bond motifs is 1. The molecule has 1 N–H and O–H groups in total. The molecule has 7 nitrogen and oxygen atoms in total. The molecule has 0 radical (unpaired) electrons. The maximum absolute atomic E-state index is 11.6. The van der Waals surface area contributed by atoms with Gasteiger partial charge >= 0.3 is 0 Å². The van der Waals surface area contributed by atoms with Crippen molar-refractivity contribution in [1.82, 2.24) is 14.9 Å². The number of hydrogen-bond donors (Lipinski definition) is 1. The molecule has 1 amide bonds. The van der Waals surface area contributed by atoms with Crippen LogP contribution in [0.15, 0.2) is 42.7 Å². The standard InChI is InChI=1S/C23H25ClN4O3/c1-15(17-11-22(29)25-12-17)31-21-10-18(14-28-23(21)20(24)13-26-28)16-2-4-19(5-3-16)27-6-8-30-9-7-27/h2-5,10,13-15,17H,6-9,11-12H2,1H3,(H,25,29). The molecule has 0 saturated carbocycles. The van der Waals surface area contributed by atoms with Crippen molar-refractivity contribution in [3.8, 4) is 16.9 Å². The number of rotatable bonds is 5. The summed E-state index contributed by atoms with van der Waals surface area (Å²) in [4.78, 5) is 13.9. The fourth-order valence-corrected chi connectivity index (χ4v) is 4.46. The largest absolute Gasteiger partial charge is 0.488 e. The molecule has 2 fully saturated rings. The van der Waals surface area contributed by atoms with E-state index in [1.165, 1.54) is 5.69 Å². The molecule has 2 atom stereocenters. The van der Waals surface area contributed by atoms with Gasteiger partial charge in [-0.25, -0.2) is 4.52 Å². The molecule has 8 heteroatoms. The zero-order valence-corrected chi connectivity index (χ0v) is 18.1. The van der Waals surface area contributed by atoms with Crippen molar-refractivity contribution in [3.05, 3.63) is 47.7 Å². The van der Waals surface area contributed by atoms with Crippen LogP contribution in [0.4, 0.5) is 5.69 Å². The monoisotopic (exact) mass is 440 g/mol. The first-order valence-corrected chi connectivity index (χ1v) is 11.0. The number of amides is 1. The molecule has 3 aromatic rings. The van der Waals surface area contributed by atoms with Gasteiger partial charge in [-0.3, -0.25) is 4.79 Å². The highest BCUT2D eigenvalue weighted by Crippen LogP contribution is 2.34.